The standard InChI is InChI=1S/C14H23N3O/c1-2-13-3-4-14(15-11-13)12-17-7-5-16(6-8-17)9-10-18/h3-4,11,18H,2,5-10,12H2,1H3. The van der Waals surface area contributed by atoms with Crippen LogP contribution in [0.1, 0.15) is 18.2 Å². The van der Waals surface area contributed by atoms with Crippen molar-refractivity contribution in [2.24, 2.45) is 0 Å². The molecule has 1 fully saturated rings. The number of nitrogens with zero attached hydrogens (tertiary/aromatic N) is 3. The molecule has 0 amide bonds. The number of hydrogen-bond donors (Lipinski definition) is 1. The lowest BCUT2D eigenvalue weighted by molar-refractivity contribution is 0.107. The minimum atomic E-state index is 0.264. The van der Waals surface area contributed by atoms with Gasteiger partial charge in [-0.1, -0.05) is 13.0 Å². The molecule has 0 saturated carbocycles. The van der Waals surface area contributed by atoms with E-state index in [2.05, 4.69) is 33.8 Å². The minimum Gasteiger partial charge on any atom is -0.395 e. The number of aromatic nitrogens is 1. The van der Waals surface area contributed by atoms with Crippen LogP contribution in [-0.4, -0.2) is 59.2 Å². The van der Waals surface area contributed by atoms with Crippen molar-refractivity contribution in [1.82, 2.24) is 14.8 Å². The molecule has 100 valence electrons. The Morgan fingerprint density at radius 3 is 2.44 bits per heavy atom. The second kappa shape index (κ2) is 6.83. The average molecular weight is 249 g/mol. The van der Waals surface area contributed by atoms with Gasteiger partial charge in [0, 0.05) is 45.5 Å². The number of piperazine rings is 1. The fraction of sp³-hybridized carbons (Fsp3) is 0.643. The minimum absolute atomic E-state index is 0.264. The number of β-amino-alcohol motifs (C(OH)–C–C–N with tert-alkyl or cyclic N) is 1. The predicted octanol–water partition coefficient (Wildman–Crippen LogP) is 0.754. The van der Waals surface area contributed by atoms with E-state index in [-0.39, 0.29) is 6.61 Å². The fourth-order valence-corrected chi connectivity index (χ4v) is 2.30. The summed E-state index contributed by atoms with van der Waals surface area (Å²) in [6.45, 7) is 8.39. The molecule has 1 aromatic heterocycles. The van der Waals surface area contributed by atoms with E-state index < -0.39 is 0 Å². The van der Waals surface area contributed by atoms with Gasteiger partial charge in [-0.15, -0.1) is 0 Å². The summed E-state index contributed by atoms with van der Waals surface area (Å²) in [4.78, 5) is 9.25. The molecule has 0 aliphatic carbocycles. The second-order valence-corrected chi connectivity index (χ2v) is 4.85. The van der Waals surface area contributed by atoms with Crippen molar-refractivity contribution in [2.45, 2.75) is 19.9 Å². The molecule has 1 N–H and O–H groups in total. The first-order chi connectivity index (χ1) is 8.81. The van der Waals surface area contributed by atoms with E-state index >= 15 is 0 Å². The van der Waals surface area contributed by atoms with Crippen LogP contribution in [0.2, 0.25) is 0 Å². The molecular weight excluding hydrogens is 226 g/mol. The molecule has 4 heteroatoms. The Kier molecular flexibility index (Phi) is 5.11. The molecule has 1 saturated heterocycles. The highest BCUT2D eigenvalue weighted by Crippen LogP contribution is 2.07. The lowest BCUT2D eigenvalue weighted by Gasteiger charge is -2.34. The van der Waals surface area contributed by atoms with Crippen LogP contribution in [0.5, 0.6) is 0 Å². The predicted molar refractivity (Wildman–Crippen MR) is 72.4 cm³/mol. The van der Waals surface area contributed by atoms with Gasteiger partial charge in [0.15, 0.2) is 0 Å². The van der Waals surface area contributed by atoms with Crippen molar-refractivity contribution < 1.29 is 5.11 Å². The number of pyridine rings is 1. The van der Waals surface area contributed by atoms with Crippen LogP contribution in [0.4, 0.5) is 0 Å². The zero-order valence-electron chi connectivity index (χ0n) is 11.2. The Hall–Kier alpha value is -0.970. The molecule has 1 aliphatic rings. The third-order valence-electron chi connectivity index (χ3n) is 3.56. The summed E-state index contributed by atoms with van der Waals surface area (Å²) in [5.74, 6) is 0. The van der Waals surface area contributed by atoms with Gasteiger partial charge in [0.25, 0.3) is 0 Å². The van der Waals surface area contributed by atoms with Crippen LogP contribution < -0.4 is 0 Å². The molecule has 0 bridgehead atoms. The number of aryl methyl sites for hydroxylation is 1. The van der Waals surface area contributed by atoms with Gasteiger partial charge in [-0.3, -0.25) is 14.8 Å². The summed E-state index contributed by atoms with van der Waals surface area (Å²) >= 11 is 0. The molecule has 1 aliphatic heterocycles. The van der Waals surface area contributed by atoms with E-state index in [0.717, 1.165) is 51.4 Å². The van der Waals surface area contributed by atoms with Gasteiger partial charge >= 0.3 is 0 Å². The third-order valence-corrected chi connectivity index (χ3v) is 3.56. The monoisotopic (exact) mass is 249 g/mol. The van der Waals surface area contributed by atoms with Gasteiger partial charge in [-0.05, 0) is 18.1 Å². The van der Waals surface area contributed by atoms with Crippen molar-refractivity contribution >= 4 is 0 Å². The first kappa shape index (κ1) is 13.5. The van der Waals surface area contributed by atoms with E-state index in [9.17, 15) is 0 Å². The van der Waals surface area contributed by atoms with Crippen LogP contribution in [0.3, 0.4) is 0 Å². The van der Waals surface area contributed by atoms with Crippen molar-refractivity contribution in [3.63, 3.8) is 0 Å². The van der Waals surface area contributed by atoms with Gasteiger partial charge in [-0.2, -0.15) is 0 Å². The van der Waals surface area contributed by atoms with Crippen LogP contribution in [0, 0.1) is 0 Å². The maximum Gasteiger partial charge on any atom is 0.0558 e. The molecule has 18 heavy (non-hydrogen) atoms. The Morgan fingerprint density at radius 2 is 1.89 bits per heavy atom. The lowest BCUT2D eigenvalue weighted by Crippen LogP contribution is -2.46. The fourth-order valence-electron chi connectivity index (χ4n) is 2.30. The van der Waals surface area contributed by atoms with Crippen LogP contribution in [-0.2, 0) is 13.0 Å². The molecule has 2 heterocycles. The Labute approximate surface area is 109 Å². The maximum absolute atomic E-state index is 8.90. The molecule has 0 unspecified atom stereocenters. The number of hydrogen-bond acceptors (Lipinski definition) is 4. The molecule has 0 aromatic carbocycles. The van der Waals surface area contributed by atoms with Crippen LogP contribution >= 0.6 is 0 Å². The molecule has 0 radical (unpaired) electrons. The summed E-state index contributed by atoms with van der Waals surface area (Å²) in [7, 11) is 0. The first-order valence-corrected chi connectivity index (χ1v) is 6.81. The largest absolute Gasteiger partial charge is 0.395 e. The molecule has 4 nitrogen and oxygen atoms in total. The summed E-state index contributed by atoms with van der Waals surface area (Å²) < 4.78 is 0. The van der Waals surface area contributed by atoms with Gasteiger partial charge < -0.3 is 5.11 Å². The van der Waals surface area contributed by atoms with Crippen molar-refractivity contribution in [3.05, 3.63) is 29.6 Å². The SMILES string of the molecule is CCc1ccc(CN2CCN(CCO)CC2)nc1. The van der Waals surface area contributed by atoms with Gasteiger partial charge in [-0.25, -0.2) is 0 Å². The van der Waals surface area contributed by atoms with Crippen LogP contribution in [0.15, 0.2) is 18.3 Å². The number of aliphatic hydroxyl groups is 1. The van der Waals surface area contributed by atoms with E-state index in [1.807, 2.05) is 6.20 Å². The van der Waals surface area contributed by atoms with E-state index in [4.69, 9.17) is 5.11 Å². The third kappa shape index (κ3) is 3.77. The quantitative estimate of drug-likeness (QED) is 0.836. The van der Waals surface area contributed by atoms with Gasteiger partial charge in [0.05, 0.1) is 12.3 Å². The highest BCUT2D eigenvalue weighted by atomic mass is 16.3. The summed E-state index contributed by atoms with van der Waals surface area (Å²) in [6.07, 6.45) is 3.03. The Bertz CT molecular complexity index is 345. The van der Waals surface area contributed by atoms with Crippen molar-refractivity contribution in [2.75, 3.05) is 39.3 Å². The molecule has 2 rings (SSSR count). The van der Waals surface area contributed by atoms with E-state index in [0.29, 0.717) is 0 Å². The molecule has 0 spiro atoms. The molecule has 1 aromatic rings. The molecule has 0 atom stereocenters. The van der Waals surface area contributed by atoms with Crippen molar-refractivity contribution in [1.29, 1.82) is 0 Å². The zero-order valence-corrected chi connectivity index (χ0v) is 11.2. The average Bonchev–Trinajstić information content (AvgIpc) is 2.42. The summed E-state index contributed by atoms with van der Waals surface area (Å²) in [5, 5.41) is 8.90. The zero-order chi connectivity index (χ0) is 12.8. The van der Waals surface area contributed by atoms with Crippen molar-refractivity contribution in [3.8, 4) is 0 Å². The Balaban J connectivity index is 1.80. The van der Waals surface area contributed by atoms with E-state index in [1.54, 1.807) is 0 Å². The maximum atomic E-state index is 8.90. The van der Waals surface area contributed by atoms with E-state index in [1.165, 1.54) is 5.56 Å². The lowest BCUT2D eigenvalue weighted by atomic mass is 10.2. The second-order valence-electron chi connectivity index (χ2n) is 4.85. The highest BCUT2D eigenvalue weighted by molar-refractivity contribution is 5.13. The van der Waals surface area contributed by atoms with Gasteiger partial charge in [0.2, 0.25) is 0 Å². The summed E-state index contributed by atoms with van der Waals surface area (Å²) in [6, 6.07) is 4.31. The smallest absolute Gasteiger partial charge is 0.0558 e. The first-order valence-electron chi connectivity index (χ1n) is 6.81. The molecular formula is C14H23N3O. The highest BCUT2D eigenvalue weighted by Gasteiger charge is 2.16. The topological polar surface area (TPSA) is 39.6 Å². The normalized spacial score (nSPS) is 18.1. The number of rotatable bonds is 5. The number of aliphatic hydroxyl groups excluding tert-OH is 1. The van der Waals surface area contributed by atoms with Gasteiger partial charge in [0.1, 0.15) is 0 Å². The Morgan fingerprint density at radius 1 is 1.17 bits per heavy atom. The van der Waals surface area contributed by atoms with Crippen LogP contribution in [0.25, 0.3) is 0 Å². The summed E-state index contributed by atoms with van der Waals surface area (Å²) in [5.41, 5.74) is 2.45.